The molecule has 5 heterocycles. The van der Waals surface area contributed by atoms with Crippen LogP contribution in [0.25, 0.3) is 0 Å². The first-order valence-electron chi connectivity index (χ1n) is 23.8. The fourth-order valence-corrected chi connectivity index (χ4v) is 12.0. The molecular formula is C53H62ClFN4O7. The number of amides is 3. The van der Waals surface area contributed by atoms with Crippen LogP contribution in [-0.4, -0.2) is 98.3 Å². The van der Waals surface area contributed by atoms with Crippen molar-refractivity contribution < 1.29 is 38.1 Å². The monoisotopic (exact) mass is 920 g/mol. The number of halogens is 2. The zero-order chi connectivity index (χ0) is 46.2. The van der Waals surface area contributed by atoms with Crippen molar-refractivity contribution in [2.45, 2.75) is 113 Å². The lowest BCUT2D eigenvalue weighted by molar-refractivity contribution is -0.125. The number of hydrogen-bond donors (Lipinski definition) is 2. The van der Waals surface area contributed by atoms with Crippen LogP contribution in [0.5, 0.6) is 17.2 Å². The Morgan fingerprint density at radius 2 is 1.79 bits per heavy atom. The maximum absolute atomic E-state index is 15.9. The summed E-state index contributed by atoms with van der Waals surface area (Å²) in [7, 11) is 3.81. The SMILES string of the molecule is CC(CCC(=O)NC=O)N1Cc2c3c(cc(Cl)c2C1=O)C1(CCN(C)CC1)CO3.COc1cc(N2CCC3(CCCCO3)CC2)c(F)cc1C1c2ccc(O)cc2CCC1c1ccccc1. The second-order valence-electron chi connectivity index (χ2n) is 19.4. The van der Waals surface area contributed by atoms with Crippen molar-refractivity contribution in [3.8, 4) is 17.2 Å². The lowest BCUT2D eigenvalue weighted by Gasteiger charge is -2.44. The number of phenols is 1. The first-order chi connectivity index (χ1) is 31.9. The lowest BCUT2D eigenvalue weighted by Crippen LogP contribution is -2.48. The molecule has 11 nitrogen and oxygen atoms in total. The second-order valence-corrected chi connectivity index (χ2v) is 19.8. The Bertz CT molecular complexity index is 2440. The van der Waals surface area contributed by atoms with Crippen molar-refractivity contribution >= 4 is 35.5 Å². The van der Waals surface area contributed by atoms with Crippen LogP contribution in [0.2, 0.25) is 5.02 Å². The molecule has 6 aliphatic rings. The molecule has 10 rings (SSSR count). The van der Waals surface area contributed by atoms with Gasteiger partial charge in [0.1, 0.15) is 23.1 Å². The fraction of sp³-hybridized carbons (Fsp3) is 0.491. The van der Waals surface area contributed by atoms with E-state index in [1.165, 1.54) is 12.0 Å². The third-order valence-corrected chi connectivity index (χ3v) is 15.9. The number of piperidine rings is 2. The van der Waals surface area contributed by atoms with E-state index in [2.05, 4.69) is 46.4 Å². The van der Waals surface area contributed by atoms with Crippen LogP contribution in [0.4, 0.5) is 10.1 Å². The number of aryl methyl sites for hydroxylation is 1. The molecule has 66 heavy (non-hydrogen) atoms. The molecule has 5 aliphatic heterocycles. The number of carbonyl (C=O) groups is 3. The third-order valence-electron chi connectivity index (χ3n) is 15.6. The molecule has 13 heteroatoms. The number of hydrogen-bond acceptors (Lipinski definition) is 9. The summed E-state index contributed by atoms with van der Waals surface area (Å²) in [5.41, 5.74) is 7.49. The average molecular weight is 922 g/mol. The van der Waals surface area contributed by atoms with E-state index >= 15 is 4.39 Å². The highest BCUT2D eigenvalue weighted by Gasteiger charge is 2.47. The van der Waals surface area contributed by atoms with Gasteiger partial charge in [-0.25, -0.2) is 4.39 Å². The van der Waals surface area contributed by atoms with Gasteiger partial charge < -0.3 is 34.0 Å². The number of imide groups is 1. The summed E-state index contributed by atoms with van der Waals surface area (Å²) in [5, 5.41) is 12.8. The molecule has 3 fully saturated rings. The van der Waals surface area contributed by atoms with E-state index in [-0.39, 0.29) is 58.7 Å². The number of anilines is 1. The van der Waals surface area contributed by atoms with E-state index in [4.69, 9.17) is 25.8 Å². The van der Waals surface area contributed by atoms with Gasteiger partial charge in [0, 0.05) is 66.2 Å². The van der Waals surface area contributed by atoms with Gasteiger partial charge >= 0.3 is 0 Å². The minimum Gasteiger partial charge on any atom is -0.508 e. The first kappa shape index (κ1) is 46.0. The minimum absolute atomic E-state index is 0.0183. The Kier molecular flexibility index (Phi) is 13.4. The maximum Gasteiger partial charge on any atom is 0.256 e. The van der Waals surface area contributed by atoms with Crippen molar-refractivity contribution in [1.82, 2.24) is 15.1 Å². The van der Waals surface area contributed by atoms with E-state index in [1.807, 2.05) is 37.3 Å². The molecule has 4 aromatic rings. The average Bonchev–Trinajstić information content (AvgIpc) is 3.87. The van der Waals surface area contributed by atoms with Crippen LogP contribution in [0.1, 0.15) is 127 Å². The van der Waals surface area contributed by atoms with Gasteiger partial charge in [-0.15, -0.1) is 0 Å². The van der Waals surface area contributed by atoms with Crippen molar-refractivity contribution in [3.05, 3.63) is 117 Å². The first-order valence-corrected chi connectivity index (χ1v) is 24.1. The number of rotatable bonds is 9. The number of methoxy groups -OCH3 is 1. The van der Waals surface area contributed by atoms with Crippen molar-refractivity contribution in [2.75, 3.05) is 58.5 Å². The van der Waals surface area contributed by atoms with Gasteiger partial charge in [0.05, 0.1) is 42.1 Å². The zero-order valence-corrected chi connectivity index (χ0v) is 39.1. The number of nitrogens with zero attached hydrogens (tertiary/aromatic N) is 3. The van der Waals surface area contributed by atoms with E-state index in [1.54, 1.807) is 24.1 Å². The normalized spacial score (nSPS) is 22.1. The molecule has 0 saturated carbocycles. The van der Waals surface area contributed by atoms with Crippen LogP contribution in [0.15, 0.2) is 66.7 Å². The van der Waals surface area contributed by atoms with Gasteiger partial charge in [0.2, 0.25) is 12.3 Å². The number of likely N-dealkylation sites (tertiary alicyclic amines) is 1. The molecule has 3 amide bonds. The van der Waals surface area contributed by atoms with Crippen molar-refractivity contribution in [1.29, 1.82) is 0 Å². The lowest BCUT2D eigenvalue weighted by atomic mass is 9.69. The molecule has 1 aliphatic carbocycles. The van der Waals surface area contributed by atoms with Crippen LogP contribution in [0, 0.1) is 5.82 Å². The molecule has 3 atom stereocenters. The Labute approximate surface area is 392 Å². The van der Waals surface area contributed by atoms with Crippen molar-refractivity contribution in [3.63, 3.8) is 0 Å². The largest absolute Gasteiger partial charge is 0.508 e. The van der Waals surface area contributed by atoms with E-state index in [0.717, 1.165) is 123 Å². The van der Waals surface area contributed by atoms with Gasteiger partial charge in [-0.3, -0.25) is 19.7 Å². The maximum atomic E-state index is 15.9. The fourth-order valence-electron chi connectivity index (χ4n) is 11.7. The Hall–Kier alpha value is -5.17. The molecule has 3 saturated heterocycles. The standard InChI is InChI=1S/C32H36FNO3.C21H26ClN3O4/c1-36-30-21-29(34-16-14-32(15-17-34)13-5-6-18-37-32)28(33)20-27(30)31-25(22-7-3-2-4-8-22)11-9-23-19-24(35)10-12-26(23)31;1-13(3-4-17(27)23-12-26)25-10-14-18(20(25)28)16(22)9-15-19(14)29-11-21(15)5-7-24(2)8-6-21/h2-4,7-8,10,12,19-21,25,31,35H,5-6,9,11,13-18H2,1H3;9,12-13H,3-8,10-11H2,1-2H3,(H,23,26,27). The molecule has 0 bridgehead atoms. The van der Waals surface area contributed by atoms with Gasteiger partial charge in [0.25, 0.3) is 5.91 Å². The summed E-state index contributed by atoms with van der Waals surface area (Å²) in [6.07, 6.45) is 10.2. The number of aromatic hydroxyl groups is 1. The zero-order valence-electron chi connectivity index (χ0n) is 38.4. The Balaban J connectivity index is 0.000000171. The molecule has 2 N–H and O–H groups in total. The summed E-state index contributed by atoms with van der Waals surface area (Å²) in [4.78, 5) is 41.2. The van der Waals surface area contributed by atoms with Gasteiger partial charge in [0.15, 0.2) is 0 Å². The number of carbonyl (C=O) groups excluding carboxylic acids is 3. The highest BCUT2D eigenvalue weighted by molar-refractivity contribution is 6.34. The number of phenolic OH excluding ortho intramolecular Hbond substituents is 1. The van der Waals surface area contributed by atoms with Crippen LogP contribution in [-0.2, 0) is 32.7 Å². The predicted molar refractivity (Wildman–Crippen MR) is 253 cm³/mol. The molecule has 0 radical (unpaired) electrons. The molecule has 3 unspecified atom stereocenters. The molecular weight excluding hydrogens is 859 g/mol. The summed E-state index contributed by atoms with van der Waals surface area (Å²) in [6.45, 7) is 7.44. The second kappa shape index (κ2) is 19.2. The van der Waals surface area contributed by atoms with Gasteiger partial charge in [-0.1, -0.05) is 48.0 Å². The van der Waals surface area contributed by atoms with Crippen LogP contribution >= 0.6 is 11.6 Å². The van der Waals surface area contributed by atoms with Crippen LogP contribution < -0.4 is 19.7 Å². The van der Waals surface area contributed by atoms with Gasteiger partial charge in [-0.05, 0) is 138 Å². The number of nitrogens with one attached hydrogen (secondary N) is 1. The highest BCUT2D eigenvalue weighted by Crippen LogP contribution is 2.53. The summed E-state index contributed by atoms with van der Waals surface area (Å²) >= 11 is 6.60. The summed E-state index contributed by atoms with van der Waals surface area (Å²) in [5.74, 6) is 1.28. The quantitative estimate of drug-likeness (QED) is 0.159. The number of benzene rings is 4. The van der Waals surface area contributed by atoms with Crippen LogP contribution in [0.3, 0.4) is 0 Å². The van der Waals surface area contributed by atoms with Crippen molar-refractivity contribution in [2.24, 2.45) is 0 Å². The summed E-state index contributed by atoms with van der Waals surface area (Å²) < 4.78 is 34.3. The molecule has 2 spiro atoms. The van der Waals surface area contributed by atoms with Gasteiger partial charge in [-0.2, -0.15) is 0 Å². The molecule has 350 valence electrons. The van der Waals surface area contributed by atoms with E-state index in [0.29, 0.717) is 42.3 Å². The Morgan fingerprint density at radius 1 is 1.02 bits per heavy atom. The number of fused-ring (bicyclic) bond motifs is 5. The Morgan fingerprint density at radius 3 is 2.50 bits per heavy atom. The third kappa shape index (κ3) is 8.88. The van der Waals surface area contributed by atoms with E-state index < -0.39 is 0 Å². The smallest absolute Gasteiger partial charge is 0.256 e. The summed E-state index contributed by atoms with van der Waals surface area (Å²) in [6, 6.07) is 21.5. The molecule has 4 aromatic carbocycles. The predicted octanol–water partition coefficient (Wildman–Crippen LogP) is 9.03. The number of ether oxygens (including phenoxy) is 3. The molecule has 0 aromatic heterocycles. The topological polar surface area (TPSA) is 121 Å². The highest BCUT2D eigenvalue weighted by atomic mass is 35.5. The van der Waals surface area contributed by atoms with E-state index in [9.17, 15) is 19.5 Å². The minimum atomic E-state index is -0.345.